The van der Waals surface area contributed by atoms with Crippen molar-refractivity contribution >= 4 is 40.1 Å². The van der Waals surface area contributed by atoms with Gasteiger partial charge in [0.1, 0.15) is 16.7 Å². The Morgan fingerprint density at radius 3 is 2.33 bits per heavy atom. The smallest absolute Gasteiger partial charge is 0.238 e. The molecule has 1 fully saturated rings. The third kappa shape index (κ3) is 6.46. The molecule has 2 heterocycles. The van der Waals surface area contributed by atoms with Crippen LogP contribution < -0.4 is 24.3 Å². The number of carbonyl (C=O) groups excluding carboxylic acids is 2. The van der Waals surface area contributed by atoms with Gasteiger partial charge < -0.3 is 24.3 Å². The number of aliphatic imine (C=N–C) groups is 1. The number of hydrogen-bond acceptors (Lipinski definition) is 8. The van der Waals surface area contributed by atoms with Gasteiger partial charge in [0.25, 0.3) is 0 Å². The Kier molecular flexibility index (Phi) is 8.21. The predicted octanol–water partition coefficient (Wildman–Crippen LogP) is 5.37. The maximum Gasteiger partial charge on any atom is 0.238 e. The van der Waals surface area contributed by atoms with Crippen molar-refractivity contribution in [3.8, 4) is 23.0 Å². The topological polar surface area (TPSA) is 98.7 Å². The quantitative estimate of drug-likeness (QED) is 0.384. The molecule has 0 spiro atoms. The van der Waals surface area contributed by atoms with Crippen LogP contribution in [0.15, 0.2) is 71.7 Å². The van der Waals surface area contributed by atoms with Crippen molar-refractivity contribution in [3.63, 3.8) is 0 Å². The number of benzene rings is 3. The predicted molar refractivity (Wildman–Crippen MR) is 150 cm³/mol. The first-order valence-corrected chi connectivity index (χ1v) is 13.6. The molecule has 0 aliphatic carbocycles. The summed E-state index contributed by atoms with van der Waals surface area (Å²) < 4.78 is 21.9. The molecule has 0 aromatic heterocycles. The second-order valence-corrected chi connectivity index (χ2v) is 9.92. The van der Waals surface area contributed by atoms with Gasteiger partial charge >= 0.3 is 0 Å². The fourth-order valence-electron chi connectivity index (χ4n) is 4.14. The summed E-state index contributed by atoms with van der Waals surface area (Å²) >= 11 is 1.27. The molecule has 0 unspecified atom stereocenters. The Morgan fingerprint density at radius 1 is 0.974 bits per heavy atom. The third-order valence-electron chi connectivity index (χ3n) is 6.02. The van der Waals surface area contributed by atoms with Crippen molar-refractivity contribution in [1.82, 2.24) is 4.90 Å². The number of fused-ring (bicyclic) bond motifs is 1. The van der Waals surface area contributed by atoms with Crippen LogP contribution in [0.4, 0.5) is 11.4 Å². The van der Waals surface area contributed by atoms with E-state index in [0.29, 0.717) is 41.3 Å². The monoisotopic (exact) mass is 547 g/mol. The standard InChI is InChI=1S/C29H29N3O6S/c1-3-35-22-10-6-20(7-11-22)30-28(34)26-16-27(33)32(17-19-5-14-24-25(15-19)38-18-37-24)29(39-26)31-21-8-12-23(13-9-21)36-4-2/h5-15,26H,3-4,16-18H2,1-2H3,(H,30,34)/t26-/m1/s1. The van der Waals surface area contributed by atoms with Crippen molar-refractivity contribution in [1.29, 1.82) is 0 Å². The van der Waals surface area contributed by atoms with Crippen molar-refractivity contribution in [2.24, 2.45) is 4.99 Å². The molecular formula is C29H29N3O6S. The highest BCUT2D eigenvalue weighted by Crippen LogP contribution is 2.35. The molecule has 39 heavy (non-hydrogen) atoms. The van der Waals surface area contributed by atoms with Crippen LogP contribution in [0.5, 0.6) is 23.0 Å². The summed E-state index contributed by atoms with van der Waals surface area (Å²) in [4.78, 5) is 33.0. The molecule has 0 saturated carbocycles. The molecule has 202 valence electrons. The van der Waals surface area contributed by atoms with Gasteiger partial charge in [-0.25, -0.2) is 4.99 Å². The summed E-state index contributed by atoms with van der Waals surface area (Å²) in [6.45, 7) is 5.41. The molecule has 5 rings (SSSR count). The van der Waals surface area contributed by atoms with Crippen LogP contribution in [0, 0.1) is 0 Å². The van der Waals surface area contributed by atoms with Crippen LogP contribution in [0.3, 0.4) is 0 Å². The molecule has 3 aromatic carbocycles. The van der Waals surface area contributed by atoms with E-state index in [1.807, 2.05) is 56.3 Å². The summed E-state index contributed by atoms with van der Waals surface area (Å²) in [7, 11) is 0. The van der Waals surface area contributed by atoms with Gasteiger partial charge in [0.2, 0.25) is 18.6 Å². The second kappa shape index (κ2) is 12.1. The second-order valence-electron chi connectivity index (χ2n) is 8.75. The molecule has 0 bridgehead atoms. The molecule has 1 N–H and O–H groups in total. The molecule has 3 aromatic rings. The maximum absolute atomic E-state index is 13.4. The van der Waals surface area contributed by atoms with E-state index < -0.39 is 5.25 Å². The fraction of sp³-hybridized carbons (Fsp3) is 0.276. The van der Waals surface area contributed by atoms with Gasteiger partial charge in [0.05, 0.1) is 25.4 Å². The number of nitrogens with one attached hydrogen (secondary N) is 1. The lowest BCUT2D eigenvalue weighted by atomic mass is 10.1. The van der Waals surface area contributed by atoms with E-state index in [2.05, 4.69) is 5.32 Å². The van der Waals surface area contributed by atoms with Gasteiger partial charge in [-0.3, -0.25) is 14.5 Å². The zero-order valence-electron chi connectivity index (χ0n) is 21.7. The van der Waals surface area contributed by atoms with Crippen molar-refractivity contribution in [3.05, 3.63) is 72.3 Å². The number of amidine groups is 1. The van der Waals surface area contributed by atoms with E-state index >= 15 is 0 Å². The number of hydrogen-bond donors (Lipinski definition) is 1. The fourth-order valence-corrected chi connectivity index (χ4v) is 5.23. The summed E-state index contributed by atoms with van der Waals surface area (Å²) in [5.74, 6) is 2.32. The van der Waals surface area contributed by atoms with E-state index in [0.717, 1.165) is 17.1 Å². The van der Waals surface area contributed by atoms with Gasteiger partial charge in [0.15, 0.2) is 16.7 Å². The normalized spacial score (nSPS) is 17.3. The number of nitrogens with zero attached hydrogens (tertiary/aromatic N) is 2. The van der Waals surface area contributed by atoms with Gasteiger partial charge in [0, 0.05) is 12.1 Å². The summed E-state index contributed by atoms with van der Waals surface area (Å²) in [5.41, 5.74) is 2.14. The number of anilines is 1. The maximum atomic E-state index is 13.4. The minimum Gasteiger partial charge on any atom is -0.494 e. The highest BCUT2D eigenvalue weighted by Gasteiger charge is 2.36. The molecule has 1 saturated heterocycles. The van der Waals surface area contributed by atoms with Gasteiger partial charge in [-0.05, 0) is 80.1 Å². The van der Waals surface area contributed by atoms with Gasteiger partial charge in [-0.15, -0.1) is 0 Å². The van der Waals surface area contributed by atoms with Crippen molar-refractivity contribution in [2.45, 2.75) is 32.1 Å². The first-order valence-electron chi connectivity index (χ1n) is 12.7. The zero-order chi connectivity index (χ0) is 27.2. The SMILES string of the molecule is CCOc1ccc(N=C2S[C@@H](C(=O)Nc3ccc(OCC)cc3)CC(=O)N2Cc2ccc3c(c2)OCO3)cc1. The number of thioether (sulfide) groups is 1. The number of carbonyl (C=O) groups is 2. The minimum atomic E-state index is -0.640. The zero-order valence-corrected chi connectivity index (χ0v) is 22.5. The largest absolute Gasteiger partial charge is 0.494 e. The Bertz CT molecular complexity index is 1360. The van der Waals surface area contributed by atoms with E-state index in [-0.39, 0.29) is 31.6 Å². The highest BCUT2D eigenvalue weighted by molar-refractivity contribution is 8.15. The molecule has 2 aliphatic rings. The molecule has 2 aliphatic heterocycles. The molecule has 0 radical (unpaired) electrons. The molecule has 2 amide bonds. The first-order chi connectivity index (χ1) is 19.0. The molecule has 1 atom stereocenters. The lowest BCUT2D eigenvalue weighted by Crippen LogP contribution is -2.44. The summed E-state index contributed by atoms with van der Waals surface area (Å²) in [5, 5.41) is 2.72. The van der Waals surface area contributed by atoms with Crippen LogP contribution in [0.2, 0.25) is 0 Å². The average Bonchev–Trinajstić information content (AvgIpc) is 3.41. The summed E-state index contributed by atoms with van der Waals surface area (Å²) in [6.07, 6.45) is 0.0420. The van der Waals surface area contributed by atoms with E-state index in [4.69, 9.17) is 23.9 Å². The highest BCUT2D eigenvalue weighted by atomic mass is 32.2. The van der Waals surface area contributed by atoms with Crippen molar-refractivity contribution in [2.75, 3.05) is 25.3 Å². The minimum absolute atomic E-state index is 0.0420. The lowest BCUT2D eigenvalue weighted by molar-refractivity contribution is -0.129. The van der Waals surface area contributed by atoms with Crippen LogP contribution in [0.1, 0.15) is 25.8 Å². The number of rotatable bonds is 9. The van der Waals surface area contributed by atoms with Crippen LogP contribution >= 0.6 is 11.8 Å². The van der Waals surface area contributed by atoms with Crippen LogP contribution in [-0.4, -0.2) is 47.1 Å². The number of ether oxygens (including phenoxy) is 4. The lowest BCUT2D eigenvalue weighted by Gasteiger charge is -2.32. The molecule has 10 heteroatoms. The average molecular weight is 548 g/mol. The van der Waals surface area contributed by atoms with Crippen LogP contribution in [-0.2, 0) is 16.1 Å². The van der Waals surface area contributed by atoms with E-state index in [1.54, 1.807) is 29.2 Å². The number of amides is 2. The Balaban J connectivity index is 1.37. The Morgan fingerprint density at radius 2 is 1.64 bits per heavy atom. The molecule has 9 nitrogen and oxygen atoms in total. The molecular weight excluding hydrogens is 518 g/mol. The third-order valence-corrected chi connectivity index (χ3v) is 7.20. The van der Waals surface area contributed by atoms with E-state index in [1.165, 1.54) is 11.8 Å². The Hall–Kier alpha value is -4.18. The first kappa shape index (κ1) is 26.4. The van der Waals surface area contributed by atoms with Crippen molar-refractivity contribution < 1.29 is 28.5 Å². The Labute approximate surface area is 231 Å². The summed E-state index contributed by atoms with van der Waals surface area (Å²) in [6, 6.07) is 20.0. The van der Waals surface area contributed by atoms with Gasteiger partial charge in [-0.2, -0.15) is 0 Å². The van der Waals surface area contributed by atoms with Crippen LogP contribution in [0.25, 0.3) is 0 Å². The van der Waals surface area contributed by atoms with E-state index in [9.17, 15) is 9.59 Å². The van der Waals surface area contributed by atoms with Gasteiger partial charge in [-0.1, -0.05) is 17.8 Å².